The first-order valence-electron chi connectivity index (χ1n) is 7.60. The van der Waals surface area contributed by atoms with E-state index in [9.17, 15) is 14.3 Å². The molecular weight excluding hydrogens is 313 g/mol. The minimum absolute atomic E-state index is 0.366. The van der Waals surface area contributed by atoms with Crippen LogP contribution in [0.5, 0.6) is 11.5 Å². The number of hydrogen-bond donors (Lipinski definition) is 1. The van der Waals surface area contributed by atoms with Gasteiger partial charge in [0.15, 0.2) is 0 Å². The number of carbonyl (C=O) groups is 1. The standard InChI is InChI=1S/C18H18FNO4/c1-23-15-7-4-13-11-20(8-9-24-16(13)10-15)17(18(21)22)12-2-5-14(19)6-3-12/h2-7,10,17H,8-9,11H2,1H3,(H,21,22). The summed E-state index contributed by atoms with van der Waals surface area (Å²) < 4.78 is 24.1. The minimum Gasteiger partial charge on any atom is -0.497 e. The Balaban J connectivity index is 1.91. The summed E-state index contributed by atoms with van der Waals surface area (Å²) >= 11 is 0. The SMILES string of the molecule is COc1ccc2c(c1)OCCN(C(C(=O)O)c1ccc(F)cc1)C2. The third-order valence-corrected chi connectivity index (χ3v) is 4.07. The molecule has 0 aliphatic carbocycles. The van der Waals surface area contributed by atoms with Crippen LogP contribution in [0.1, 0.15) is 17.2 Å². The third kappa shape index (κ3) is 3.33. The number of aliphatic carboxylic acids is 1. The Kier molecular flexibility index (Phi) is 4.66. The second-order valence-corrected chi connectivity index (χ2v) is 5.58. The second-order valence-electron chi connectivity index (χ2n) is 5.58. The number of methoxy groups -OCH3 is 1. The van der Waals surface area contributed by atoms with Gasteiger partial charge in [-0.05, 0) is 23.8 Å². The highest BCUT2D eigenvalue weighted by Gasteiger charge is 2.29. The van der Waals surface area contributed by atoms with Crippen LogP contribution in [0.15, 0.2) is 42.5 Å². The van der Waals surface area contributed by atoms with Crippen molar-refractivity contribution in [2.75, 3.05) is 20.3 Å². The van der Waals surface area contributed by atoms with E-state index < -0.39 is 12.0 Å². The van der Waals surface area contributed by atoms with Gasteiger partial charge in [-0.2, -0.15) is 0 Å². The molecule has 1 heterocycles. The van der Waals surface area contributed by atoms with Crippen molar-refractivity contribution >= 4 is 5.97 Å². The average Bonchev–Trinajstić information content (AvgIpc) is 2.78. The van der Waals surface area contributed by atoms with Gasteiger partial charge in [-0.25, -0.2) is 4.39 Å². The van der Waals surface area contributed by atoms with E-state index in [4.69, 9.17) is 9.47 Å². The Morgan fingerprint density at radius 1 is 1.29 bits per heavy atom. The smallest absolute Gasteiger partial charge is 0.325 e. The Bertz CT molecular complexity index is 732. The lowest BCUT2D eigenvalue weighted by atomic mass is 10.0. The van der Waals surface area contributed by atoms with Crippen molar-refractivity contribution in [3.63, 3.8) is 0 Å². The summed E-state index contributed by atoms with van der Waals surface area (Å²) in [5.41, 5.74) is 1.43. The molecular formula is C18H18FNO4. The molecule has 0 amide bonds. The van der Waals surface area contributed by atoms with Crippen LogP contribution in [0.3, 0.4) is 0 Å². The molecule has 0 saturated carbocycles. The molecule has 1 unspecified atom stereocenters. The van der Waals surface area contributed by atoms with Crippen molar-refractivity contribution in [1.82, 2.24) is 4.90 Å². The van der Waals surface area contributed by atoms with Gasteiger partial charge in [-0.3, -0.25) is 9.69 Å². The van der Waals surface area contributed by atoms with Crippen molar-refractivity contribution in [3.8, 4) is 11.5 Å². The molecule has 6 heteroatoms. The summed E-state index contributed by atoms with van der Waals surface area (Å²) in [5.74, 6) is 0.0220. The first-order valence-corrected chi connectivity index (χ1v) is 7.60. The van der Waals surface area contributed by atoms with Crippen LogP contribution in [0.4, 0.5) is 4.39 Å². The molecule has 0 saturated heterocycles. The zero-order valence-corrected chi connectivity index (χ0v) is 13.2. The first kappa shape index (κ1) is 16.3. The van der Waals surface area contributed by atoms with Gasteiger partial charge in [0.2, 0.25) is 0 Å². The van der Waals surface area contributed by atoms with Crippen molar-refractivity contribution in [1.29, 1.82) is 0 Å². The summed E-state index contributed by atoms with van der Waals surface area (Å²) in [6, 6.07) is 10.2. The number of carboxylic acids is 1. The van der Waals surface area contributed by atoms with Gasteiger partial charge in [-0.15, -0.1) is 0 Å². The number of benzene rings is 2. The van der Waals surface area contributed by atoms with E-state index in [1.807, 2.05) is 17.0 Å². The van der Waals surface area contributed by atoms with E-state index in [0.29, 0.717) is 36.8 Å². The fourth-order valence-electron chi connectivity index (χ4n) is 2.87. The molecule has 1 aliphatic heterocycles. The molecule has 0 bridgehead atoms. The van der Waals surface area contributed by atoms with Crippen molar-refractivity contribution < 1.29 is 23.8 Å². The molecule has 0 radical (unpaired) electrons. The van der Waals surface area contributed by atoms with E-state index >= 15 is 0 Å². The van der Waals surface area contributed by atoms with Gasteiger partial charge in [-0.1, -0.05) is 18.2 Å². The number of nitrogens with zero attached hydrogens (tertiary/aromatic N) is 1. The van der Waals surface area contributed by atoms with Crippen molar-refractivity contribution in [3.05, 3.63) is 59.4 Å². The minimum atomic E-state index is -0.974. The summed E-state index contributed by atoms with van der Waals surface area (Å²) in [7, 11) is 1.58. The normalized spacial score (nSPS) is 15.8. The molecule has 1 aliphatic rings. The van der Waals surface area contributed by atoms with Gasteiger partial charge < -0.3 is 14.6 Å². The number of rotatable bonds is 4. The summed E-state index contributed by atoms with van der Waals surface area (Å²) in [6.45, 7) is 1.24. The van der Waals surface area contributed by atoms with Crippen LogP contribution in [0.25, 0.3) is 0 Å². The number of halogens is 1. The summed E-state index contributed by atoms with van der Waals surface area (Å²) in [6.07, 6.45) is 0. The maximum Gasteiger partial charge on any atom is 0.325 e. The van der Waals surface area contributed by atoms with Crippen molar-refractivity contribution in [2.24, 2.45) is 0 Å². The maximum atomic E-state index is 13.1. The van der Waals surface area contributed by atoms with E-state index in [1.54, 1.807) is 13.2 Å². The van der Waals surface area contributed by atoms with Crippen LogP contribution in [-0.4, -0.2) is 36.2 Å². The predicted molar refractivity (Wildman–Crippen MR) is 85.7 cm³/mol. The Hall–Kier alpha value is -2.60. The zero-order valence-electron chi connectivity index (χ0n) is 13.2. The summed E-state index contributed by atoms with van der Waals surface area (Å²) in [4.78, 5) is 13.6. The van der Waals surface area contributed by atoms with E-state index in [1.165, 1.54) is 24.3 Å². The van der Waals surface area contributed by atoms with Crippen LogP contribution >= 0.6 is 0 Å². The first-order chi connectivity index (χ1) is 11.6. The lowest BCUT2D eigenvalue weighted by Gasteiger charge is -2.27. The quantitative estimate of drug-likeness (QED) is 0.933. The highest BCUT2D eigenvalue weighted by Crippen LogP contribution is 2.31. The van der Waals surface area contributed by atoms with Crippen LogP contribution in [0.2, 0.25) is 0 Å². The molecule has 126 valence electrons. The molecule has 5 nitrogen and oxygen atoms in total. The molecule has 1 N–H and O–H groups in total. The Labute approximate surface area is 139 Å². The summed E-state index contributed by atoms with van der Waals surface area (Å²) in [5, 5.41) is 9.67. The zero-order chi connectivity index (χ0) is 17.1. The highest BCUT2D eigenvalue weighted by atomic mass is 19.1. The van der Waals surface area contributed by atoms with Gasteiger partial charge in [0, 0.05) is 24.7 Å². The molecule has 0 fully saturated rings. The lowest BCUT2D eigenvalue weighted by molar-refractivity contribution is -0.144. The molecule has 24 heavy (non-hydrogen) atoms. The third-order valence-electron chi connectivity index (χ3n) is 4.07. The lowest BCUT2D eigenvalue weighted by Crippen LogP contribution is -2.35. The number of ether oxygens (including phenoxy) is 2. The fourth-order valence-corrected chi connectivity index (χ4v) is 2.87. The molecule has 2 aromatic rings. The van der Waals surface area contributed by atoms with Crippen LogP contribution in [0, 0.1) is 5.82 Å². The maximum absolute atomic E-state index is 13.1. The number of fused-ring (bicyclic) bond motifs is 1. The Morgan fingerprint density at radius 3 is 2.71 bits per heavy atom. The molecule has 1 atom stereocenters. The van der Waals surface area contributed by atoms with Gasteiger partial charge >= 0.3 is 5.97 Å². The van der Waals surface area contributed by atoms with Crippen LogP contribution in [-0.2, 0) is 11.3 Å². The molecule has 0 spiro atoms. The number of hydrogen-bond acceptors (Lipinski definition) is 4. The molecule has 2 aromatic carbocycles. The van der Waals surface area contributed by atoms with E-state index in [-0.39, 0.29) is 5.82 Å². The van der Waals surface area contributed by atoms with Gasteiger partial charge in [0.1, 0.15) is 30.0 Å². The molecule has 0 aromatic heterocycles. The van der Waals surface area contributed by atoms with Gasteiger partial charge in [0.05, 0.1) is 7.11 Å². The fraction of sp³-hybridized carbons (Fsp3) is 0.278. The van der Waals surface area contributed by atoms with Gasteiger partial charge in [0.25, 0.3) is 0 Å². The Morgan fingerprint density at radius 2 is 2.04 bits per heavy atom. The second kappa shape index (κ2) is 6.88. The van der Waals surface area contributed by atoms with Crippen molar-refractivity contribution in [2.45, 2.75) is 12.6 Å². The topological polar surface area (TPSA) is 59.0 Å². The highest BCUT2D eigenvalue weighted by molar-refractivity contribution is 5.75. The molecule has 3 rings (SSSR count). The largest absolute Gasteiger partial charge is 0.497 e. The van der Waals surface area contributed by atoms with E-state index in [0.717, 1.165) is 5.56 Å². The monoisotopic (exact) mass is 331 g/mol. The van der Waals surface area contributed by atoms with E-state index in [2.05, 4.69) is 0 Å². The number of carboxylic acid groups (broad SMARTS) is 1. The average molecular weight is 331 g/mol. The predicted octanol–water partition coefficient (Wildman–Crippen LogP) is 2.85. The van der Waals surface area contributed by atoms with Crippen LogP contribution < -0.4 is 9.47 Å².